The Bertz CT molecular complexity index is 188. The number of rotatable bonds is 8. The molecule has 0 amide bonds. The van der Waals surface area contributed by atoms with Gasteiger partial charge in [0.05, 0.1) is 19.3 Å². The van der Waals surface area contributed by atoms with E-state index in [1.807, 2.05) is 0 Å². The number of hydrogen-bond acceptors (Lipinski definition) is 4. The Hall–Kier alpha value is -0.160. The maximum atomic E-state index is 5.67. The molecule has 17 heavy (non-hydrogen) atoms. The van der Waals surface area contributed by atoms with Crippen LogP contribution in [0.1, 0.15) is 27.2 Å². The van der Waals surface area contributed by atoms with Crippen LogP contribution in [-0.4, -0.2) is 63.0 Å². The third-order valence-corrected chi connectivity index (χ3v) is 2.99. The Morgan fingerprint density at radius 1 is 1.47 bits per heavy atom. The molecule has 0 aromatic heterocycles. The van der Waals surface area contributed by atoms with Gasteiger partial charge in [-0.15, -0.1) is 0 Å². The van der Waals surface area contributed by atoms with Crippen LogP contribution in [0.5, 0.6) is 0 Å². The molecule has 1 fully saturated rings. The molecular weight excluding hydrogens is 216 g/mol. The monoisotopic (exact) mass is 244 g/mol. The van der Waals surface area contributed by atoms with Gasteiger partial charge in [0.2, 0.25) is 0 Å². The minimum absolute atomic E-state index is 0.266. The predicted molar refractivity (Wildman–Crippen MR) is 70.4 cm³/mol. The number of nitrogens with one attached hydrogen (secondary N) is 1. The van der Waals surface area contributed by atoms with Gasteiger partial charge in [0.25, 0.3) is 0 Å². The summed E-state index contributed by atoms with van der Waals surface area (Å²) in [5.41, 5.74) is 0. The molecule has 0 aliphatic carbocycles. The second-order valence-corrected chi connectivity index (χ2v) is 4.92. The van der Waals surface area contributed by atoms with Crippen LogP contribution in [0, 0.1) is 0 Å². The predicted octanol–water partition coefficient (Wildman–Crippen LogP) is 1.11. The summed E-state index contributed by atoms with van der Waals surface area (Å²) in [5, 5.41) is 3.38. The first-order valence-electron chi connectivity index (χ1n) is 6.87. The number of nitrogens with zero attached hydrogens (tertiary/aromatic N) is 1. The van der Waals surface area contributed by atoms with E-state index in [1.54, 1.807) is 0 Å². The topological polar surface area (TPSA) is 33.7 Å². The van der Waals surface area contributed by atoms with Crippen molar-refractivity contribution in [1.82, 2.24) is 10.2 Å². The smallest absolute Gasteiger partial charge is 0.0935 e. The van der Waals surface area contributed by atoms with Gasteiger partial charge in [0, 0.05) is 25.7 Å². The van der Waals surface area contributed by atoms with Crippen LogP contribution in [0.15, 0.2) is 0 Å². The van der Waals surface area contributed by atoms with Gasteiger partial charge in [-0.2, -0.15) is 0 Å². The molecular formula is C13H28N2O2. The van der Waals surface area contributed by atoms with Gasteiger partial charge in [0.1, 0.15) is 0 Å². The lowest BCUT2D eigenvalue weighted by Gasteiger charge is -2.31. The van der Waals surface area contributed by atoms with Crippen LogP contribution in [0.2, 0.25) is 0 Å². The van der Waals surface area contributed by atoms with Gasteiger partial charge in [-0.05, 0) is 19.5 Å². The fourth-order valence-corrected chi connectivity index (χ4v) is 1.95. The first-order valence-corrected chi connectivity index (χ1v) is 6.87. The Labute approximate surface area is 106 Å². The second kappa shape index (κ2) is 8.86. The van der Waals surface area contributed by atoms with Crippen molar-refractivity contribution in [2.45, 2.75) is 39.3 Å². The first-order chi connectivity index (χ1) is 8.22. The zero-order valence-corrected chi connectivity index (χ0v) is 11.6. The van der Waals surface area contributed by atoms with Crippen LogP contribution in [0.3, 0.4) is 0 Å². The molecule has 1 aliphatic heterocycles. The highest BCUT2D eigenvalue weighted by atomic mass is 16.5. The quantitative estimate of drug-likeness (QED) is 0.649. The summed E-state index contributed by atoms with van der Waals surface area (Å²) in [7, 11) is 0. The van der Waals surface area contributed by atoms with Crippen molar-refractivity contribution in [2.75, 3.05) is 46.0 Å². The molecule has 1 saturated heterocycles. The van der Waals surface area contributed by atoms with E-state index in [0.29, 0.717) is 6.04 Å². The van der Waals surface area contributed by atoms with Crippen molar-refractivity contribution >= 4 is 0 Å². The Morgan fingerprint density at radius 3 is 3.00 bits per heavy atom. The van der Waals surface area contributed by atoms with Crippen LogP contribution >= 0.6 is 0 Å². The van der Waals surface area contributed by atoms with Gasteiger partial charge in [-0.25, -0.2) is 0 Å². The molecule has 0 unspecified atom stereocenters. The van der Waals surface area contributed by atoms with Crippen LogP contribution < -0.4 is 5.32 Å². The van der Waals surface area contributed by atoms with Crippen LogP contribution in [0.4, 0.5) is 0 Å². The van der Waals surface area contributed by atoms with E-state index < -0.39 is 0 Å². The summed E-state index contributed by atoms with van der Waals surface area (Å²) < 4.78 is 11.3. The summed E-state index contributed by atoms with van der Waals surface area (Å²) in [4.78, 5) is 2.41. The number of ether oxygens (including phenoxy) is 2. The summed E-state index contributed by atoms with van der Waals surface area (Å²) in [5.74, 6) is 0. The summed E-state index contributed by atoms with van der Waals surface area (Å²) >= 11 is 0. The molecule has 1 N–H and O–H groups in total. The molecule has 4 heteroatoms. The number of likely N-dealkylation sites (N-methyl/N-ethyl adjacent to an activating group) is 1. The third kappa shape index (κ3) is 6.99. The summed E-state index contributed by atoms with van der Waals surface area (Å²) in [6.45, 7) is 13.1. The molecule has 0 aromatic rings. The van der Waals surface area contributed by atoms with Crippen molar-refractivity contribution in [1.29, 1.82) is 0 Å². The van der Waals surface area contributed by atoms with Crippen molar-refractivity contribution in [3.63, 3.8) is 0 Å². The Morgan fingerprint density at radius 2 is 2.29 bits per heavy atom. The van der Waals surface area contributed by atoms with Crippen molar-refractivity contribution in [3.8, 4) is 0 Å². The van der Waals surface area contributed by atoms with Crippen LogP contribution in [0.25, 0.3) is 0 Å². The highest BCUT2D eigenvalue weighted by Crippen LogP contribution is 2.05. The summed E-state index contributed by atoms with van der Waals surface area (Å²) in [6.07, 6.45) is 1.34. The maximum absolute atomic E-state index is 5.67. The van der Waals surface area contributed by atoms with Gasteiger partial charge < -0.3 is 14.8 Å². The first kappa shape index (κ1) is 14.9. The molecule has 1 atom stereocenters. The second-order valence-electron chi connectivity index (χ2n) is 4.92. The van der Waals surface area contributed by atoms with Gasteiger partial charge >= 0.3 is 0 Å². The highest BCUT2D eigenvalue weighted by Gasteiger charge is 2.18. The maximum Gasteiger partial charge on any atom is 0.0935 e. The fourth-order valence-electron chi connectivity index (χ4n) is 1.95. The highest BCUT2D eigenvalue weighted by molar-refractivity contribution is 4.69. The zero-order chi connectivity index (χ0) is 12.5. The van der Waals surface area contributed by atoms with E-state index in [-0.39, 0.29) is 6.10 Å². The van der Waals surface area contributed by atoms with Gasteiger partial charge in [-0.1, -0.05) is 20.8 Å². The standard InChI is InChI=1S/C13H28N2O2/c1-4-15-7-9-17-13(10-15)11-16-8-5-6-14-12(2)3/h12-14H,4-11H2,1-3H3/t13-/m1/s1. The fraction of sp³-hybridized carbons (Fsp3) is 1.00. The van der Waals surface area contributed by atoms with E-state index in [2.05, 4.69) is 31.0 Å². The SMILES string of the molecule is CCN1CCO[C@@H](COCCCNC(C)C)C1. The van der Waals surface area contributed by atoms with E-state index in [1.165, 1.54) is 0 Å². The lowest BCUT2D eigenvalue weighted by Crippen LogP contribution is -2.44. The van der Waals surface area contributed by atoms with E-state index in [0.717, 1.165) is 52.4 Å². The lowest BCUT2D eigenvalue weighted by atomic mass is 10.3. The van der Waals surface area contributed by atoms with Crippen molar-refractivity contribution < 1.29 is 9.47 Å². The molecule has 1 rings (SSSR count). The molecule has 102 valence electrons. The molecule has 0 radical (unpaired) electrons. The minimum Gasteiger partial charge on any atom is -0.379 e. The van der Waals surface area contributed by atoms with Crippen LogP contribution in [-0.2, 0) is 9.47 Å². The molecule has 0 saturated carbocycles. The average molecular weight is 244 g/mol. The average Bonchev–Trinajstić information content (AvgIpc) is 2.33. The zero-order valence-electron chi connectivity index (χ0n) is 11.6. The van der Waals surface area contributed by atoms with E-state index in [9.17, 15) is 0 Å². The van der Waals surface area contributed by atoms with Gasteiger partial charge in [0.15, 0.2) is 0 Å². The lowest BCUT2D eigenvalue weighted by molar-refractivity contribution is -0.0680. The largest absolute Gasteiger partial charge is 0.379 e. The number of hydrogen-bond donors (Lipinski definition) is 1. The third-order valence-electron chi connectivity index (χ3n) is 2.99. The summed E-state index contributed by atoms with van der Waals surface area (Å²) in [6, 6.07) is 0.565. The van der Waals surface area contributed by atoms with Crippen molar-refractivity contribution in [2.24, 2.45) is 0 Å². The molecule has 0 aromatic carbocycles. The number of morpholine rings is 1. The van der Waals surface area contributed by atoms with E-state index in [4.69, 9.17) is 9.47 Å². The molecule has 1 heterocycles. The van der Waals surface area contributed by atoms with Crippen molar-refractivity contribution in [3.05, 3.63) is 0 Å². The molecule has 0 spiro atoms. The van der Waals surface area contributed by atoms with E-state index >= 15 is 0 Å². The molecule has 1 aliphatic rings. The Kier molecular flexibility index (Phi) is 7.77. The molecule has 4 nitrogen and oxygen atoms in total. The van der Waals surface area contributed by atoms with Gasteiger partial charge in [-0.3, -0.25) is 4.90 Å². The molecule has 0 bridgehead atoms. The minimum atomic E-state index is 0.266. The Balaban J connectivity index is 1.95. The normalized spacial score (nSPS) is 22.2.